The largest absolute Gasteiger partial charge is 0.399 e. The summed E-state index contributed by atoms with van der Waals surface area (Å²) >= 11 is 0. The van der Waals surface area contributed by atoms with Gasteiger partial charge in [0.05, 0.1) is 0 Å². The maximum Gasteiger partial charge on any atom is 0.0314 e. The van der Waals surface area contributed by atoms with Gasteiger partial charge in [0.2, 0.25) is 0 Å². The van der Waals surface area contributed by atoms with E-state index in [1.165, 1.54) is 24.8 Å². The van der Waals surface area contributed by atoms with E-state index in [1.54, 1.807) is 0 Å². The van der Waals surface area contributed by atoms with E-state index in [-0.39, 0.29) is 0 Å². The van der Waals surface area contributed by atoms with Gasteiger partial charge in [-0.2, -0.15) is 0 Å². The second kappa shape index (κ2) is 6.25. The lowest BCUT2D eigenvalue weighted by molar-refractivity contribution is 0.687. The molecule has 0 heterocycles. The minimum Gasteiger partial charge on any atom is -0.399 e. The highest BCUT2D eigenvalue weighted by Gasteiger charge is 1.92. The molecule has 0 saturated carbocycles. The van der Waals surface area contributed by atoms with Crippen molar-refractivity contribution in [1.29, 1.82) is 0 Å². The smallest absolute Gasteiger partial charge is 0.0314 e. The van der Waals surface area contributed by atoms with Crippen LogP contribution >= 0.6 is 0 Å². The molecule has 0 fully saturated rings. The molecule has 0 spiro atoms. The van der Waals surface area contributed by atoms with Crippen molar-refractivity contribution >= 4 is 5.69 Å². The van der Waals surface area contributed by atoms with Crippen LogP contribution in [0.25, 0.3) is 0 Å². The molecule has 1 nitrogen and oxygen atoms in total. The molecular weight excluding hydrogens is 170 g/mol. The van der Waals surface area contributed by atoms with Crippen LogP contribution in [0, 0.1) is 0 Å². The minimum absolute atomic E-state index is 0.848. The van der Waals surface area contributed by atoms with Crippen molar-refractivity contribution < 1.29 is 0 Å². The summed E-state index contributed by atoms with van der Waals surface area (Å²) in [5.41, 5.74) is 7.84. The quantitative estimate of drug-likeness (QED) is 0.413. The second-order valence-corrected chi connectivity index (χ2v) is 3.63. The van der Waals surface area contributed by atoms with Crippen molar-refractivity contribution in [2.45, 2.75) is 32.1 Å². The lowest BCUT2D eigenvalue weighted by atomic mass is 10.1. The number of unbranched alkanes of at least 4 members (excludes halogenated alkanes) is 3. The standard InChI is InChI=1S/C13H19N/c1-2-3-4-5-6-7-12-8-10-13(14)11-9-12/h2,8-11H,1,3-7,14H2. The Hall–Kier alpha value is -1.24. The average Bonchev–Trinajstić information content (AvgIpc) is 2.21. The number of allylic oxidation sites excluding steroid dienone is 1. The summed E-state index contributed by atoms with van der Waals surface area (Å²) in [5.74, 6) is 0. The Morgan fingerprint density at radius 3 is 2.43 bits per heavy atom. The van der Waals surface area contributed by atoms with Gasteiger partial charge in [-0.15, -0.1) is 6.58 Å². The molecule has 0 radical (unpaired) electrons. The normalized spacial score (nSPS) is 10.0. The van der Waals surface area contributed by atoms with Crippen LogP contribution in [-0.2, 0) is 6.42 Å². The van der Waals surface area contributed by atoms with Crippen LogP contribution in [-0.4, -0.2) is 0 Å². The number of aryl methyl sites for hydroxylation is 1. The molecule has 1 rings (SSSR count). The molecule has 76 valence electrons. The van der Waals surface area contributed by atoms with Crippen molar-refractivity contribution in [3.63, 3.8) is 0 Å². The van der Waals surface area contributed by atoms with E-state index in [4.69, 9.17) is 5.73 Å². The van der Waals surface area contributed by atoms with Gasteiger partial charge in [0.15, 0.2) is 0 Å². The summed E-state index contributed by atoms with van der Waals surface area (Å²) < 4.78 is 0. The van der Waals surface area contributed by atoms with Crippen molar-refractivity contribution in [2.75, 3.05) is 5.73 Å². The number of rotatable bonds is 6. The summed E-state index contributed by atoms with van der Waals surface area (Å²) in [4.78, 5) is 0. The highest BCUT2D eigenvalue weighted by molar-refractivity contribution is 5.39. The first-order chi connectivity index (χ1) is 6.83. The lowest BCUT2D eigenvalue weighted by Gasteiger charge is -2.01. The van der Waals surface area contributed by atoms with E-state index >= 15 is 0 Å². The molecule has 0 aromatic heterocycles. The van der Waals surface area contributed by atoms with Crippen LogP contribution in [0.3, 0.4) is 0 Å². The van der Waals surface area contributed by atoms with Crippen molar-refractivity contribution in [1.82, 2.24) is 0 Å². The lowest BCUT2D eigenvalue weighted by Crippen LogP contribution is -1.88. The van der Waals surface area contributed by atoms with Gasteiger partial charge in [0.1, 0.15) is 0 Å². The first kappa shape index (κ1) is 10.8. The Bertz CT molecular complexity index is 261. The molecule has 0 saturated heterocycles. The van der Waals surface area contributed by atoms with Crippen molar-refractivity contribution in [3.05, 3.63) is 42.5 Å². The third kappa shape index (κ3) is 4.13. The van der Waals surface area contributed by atoms with Gasteiger partial charge in [0, 0.05) is 5.69 Å². The van der Waals surface area contributed by atoms with Crippen LogP contribution in [0.2, 0.25) is 0 Å². The van der Waals surface area contributed by atoms with Gasteiger partial charge < -0.3 is 5.73 Å². The minimum atomic E-state index is 0.848. The van der Waals surface area contributed by atoms with Gasteiger partial charge in [-0.25, -0.2) is 0 Å². The molecule has 14 heavy (non-hydrogen) atoms. The first-order valence-corrected chi connectivity index (χ1v) is 5.28. The molecule has 1 heteroatoms. The highest BCUT2D eigenvalue weighted by Crippen LogP contribution is 2.10. The molecule has 2 N–H and O–H groups in total. The number of benzene rings is 1. The zero-order valence-electron chi connectivity index (χ0n) is 8.71. The summed E-state index contributed by atoms with van der Waals surface area (Å²) in [6.45, 7) is 3.71. The van der Waals surface area contributed by atoms with E-state index in [0.717, 1.165) is 18.5 Å². The number of anilines is 1. The fourth-order valence-corrected chi connectivity index (χ4v) is 1.48. The maximum atomic E-state index is 5.61. The van der Waals surface area contributed by atoms with Crippen LogP contribution in [0.5, 0.6) is 0 Å². The topological polar surface area (TPSA) is 26.0 Å². The monoisotopic (exact) mass is 189 g/mol. The molecule has 0 bridgehead atoms. The van der Waals surface area contributed by atoms with Gasteiger partial charge in [-0.05, 0) is 43.4 Å². The number of nitrogen functional groups attached to an aromatic ring is 1. The number of hydrogen-bond donors (Lipinski definition) is 1. The summed E-state index contributed by atoms with van der Waals surface area (Å²) in [6, 6.07) is 8.17. The van der Waals surface area contributed by atoms with E-state index in [0.29, 0.717) is 0 Å². The zero-order chi connectivity index (χ0) is 10.2. The third-order valence-corrected chi connectivity index (χ3v) is 2.35. The summed E-state index contributed by atoms with van der Waals surface area (Å²) in [6.07, 6.45) is 8.11. The Morgan fingerprint density at radius 1 is 1.07 bits per heavy atom. The predicted octanol–water partition coefficient (Wildman–Crippen LogP) is 3.56. The molecule has 0 amide bonds. The molecular formula is C13H19N. The first-order valence-electron chi connectivity index (χ1n) is 5.28. The molecule has 0 aliphatic rings. The Balaban J connectivity index is 2.18. The fraction of sp³-hybridized carbons (Fsp3) is 0.385. The second-order valence-electron chi connectivity index (χ2n) is 3.63. The number of hydrogen-bond acceptors (Lipinski definition) is 1. The summed E-state index contributed by atoms with van der Waals surface area (Å²) in [5, 5.41) is 0. The SMILES string of the molecule is C=CCCCCCc1ccc(N)cc1. The van der Waals surface area contributed by atoms with Crippen LogP contribution < -0.4 is 5.73 Å². The van der Waals surface area contributed by atoms with Crippen molar-refractivity contribution in [2.24, 2.45) is 0 Å². The van der Waals surface area contributed by atoms with E-state index in [9.17, 15) is 0 Å². The van der Waals surface area contributed by atoms with E-state index < -0.39 is 0 Å². The zero-order valence-corrected chi connectivity index (χ0v) is 8.71. The Kier molecular flexibility index (Phi) is 4.84. The maximum absolute atomic E-state index is 5.61. The van der Waals surface area contributed by atoms with Crippen LogP contribution in [0.4, 0.5) is 5.69 Å². The van der Waals surface area contributed by atoms with E-state index in [1.807, 2.05) is 18.2 Å². The Morgan fingerprint density at radius 2 is 1.79 bits per heavy atom. The van der Waals surface area contributed by atoms with Gasteiger partial charge in [-0.1, -0.05) is 24.6 Å². The molecule has 0 unspecified atom stereocenters. The van der Waals surface area contributed by atoms with E-state index in [2.05, 4.69) is 18.7 Å². The molecule has 1 aromatic rings. The molecule has 0 aliphatic heterocycles. The van der Waals surface area contributed by atoms with Crippen LogP contribution in [0.15, 0.2) is 36.9 Å². The molecule has 0 atom stereocenters. The average molecular weight is 189 g/mol. The van der Waals surface area contributed by atoms with Gasteiger partial charge in [-0.3, -0.25) is 0 Å². The third-order valence-electron chi connectivity index (χ3n) is 2.35. The summed E-state index contributed by atoms with van der Waals surface area (Å²) in [7, 11) is 0. The van der Waals surface area contributed by atoms with Gasteiger partial charge >= 0.3 is 0 Å². The fourth-order valence-electron chi connectivity index (χ4n) is 1.48. The van der Waals surface area contributed by atoms with Crippen molar-refractivity contribution in [3.8, 4) is 0 Å². The molecule has 0 aliphatic carbocycles. The molecule has 1 aromatic carbocycles. The van der Waals surface area contributed by atoms with Crippen LogP contribution in [0.1, 0.15) is 31.2 Å². The highest BCUT2D eigenvalue weighted by atomic mass is 14.5. The predicted molar refractivity (Wildman–Crippen MR) is 63.2 cm³/mol. The Labute approximate surface area is 86.6 Å². The number of nitrogens with two attached hydrogens (primary N) is 1. The van der Waals surface area contributed by atoms with Gasteiger partial charge in [0.25, 0.3) is 0 Å².